The van der Waals surface area contributed by atoms with Gasteiger partial charge in [-0.2, -0.15) is 0 Å². The topological polar surface area (TPSA) is 92.7 Å². The van der Waals surface area contributed by atoms with Crippen molar-refractivity contribution in [2.24, 2.45) is 0 Å². The molecule has 1 heterocycles. The van der Waals surface area contributed by atoms with Crippen molar-refractivity contribution in [3.8, 4) is 0 Å². The fourth-order valence-electron chi connectivity index (χ4n) is 2.90. The lowest BCUT2D eigenvalue weighted by Crippen LogP contribution is -2.28. The summed E-state index contributed by atoms with van der Waals surface area (Å²) in [5, 5.41) is 12.5. The largest absolute Gasteiger partial charge is 0.491 e. The highest BCUT2D eigenvalue weighted by atomic mass is 32.2. The van der Waals surface area contributed by atoms with Gasteiger partial charge in [-0.1, -0.05) is 31.2 Å². The number of nitrogens with one attached hydrogen (secondary N) is 1. The van der Waals surface area contributed by atoms with Gasteiger partial charge in [-0.05, 0) is 41.2 Å². The van der Waals surface area contributed by atoms with Gasteiger partial charge in [0.2, 0.25) is 5.91 Å². The van der Waals surface area contributed by atoms with Crippen molar-refractivity contribution in [3.63, 3.8) is 0 Å². The number of anilines is 1. The van der Waals surface area contributed by atoms with Gasteiger partial charge in [0.1, 0.15) is 0 Å². The quantitative estimate of drug-likeness (QED) is 0.776. The lowest BCUT2D eigenvalue weighted by atomic mass is 9.79. The molecule has 1 aliphatic rings. The van der Waals surface area contributed by atoms with Gasteiger partial charge in [0.15, 0.2) is 9.84 Å². The van der Waals surface area contributed by atoms with E-state index < -0.39 is 17.0 Å². The number of hydrogen-bond donors (Lipinski definition) is 2. The normalized spacial score (nSPS) is 13.6. The minimum Gasteiger partial charge on any atom is -0.423 e. The number of sulfone groups is 1. The molecule has 8 heteroatoms. The number of aryl methyl sites for hydroxylation is 1. The summed E-state index contributed by atoms with van der Waals surface area (Å²) < 4.78 is 31.0. The maximum absolute atomic E-state index is 12.9. The lowest BCUT2D eigenvalue weighted by Gasteiger charge is -2.13. The molecule has 0 fully saturated rings. The predicted molar refractivity (Wildman–Crippen MR) is 99.8 cm³/mol. The van der Waals surface area contributed by atoms with Crippen molar-refractivity contribution in [3.05, 3.63) is 53.1 Å². The van der Waals surface area contributed by atoms with Gasteiger partial charge in [0.25, 0.3) is 0 Å². The maximum atomic E-state index is 12.9. The van der Waals surface area contributed by atoms with Crippen LogP contribution in [0.25, 0.3) is 0 Å². The summed E-state index contributed by atoms with van der Waals surface area (Å²) in [6.45, 7) is 3.85. The van der Waals surface area contributed by atoms with E-state index in [9.17, 15) is 18.2 Å². The van der Waals surface area contributed by atoms with E-state index in [1.54, 1.807) is 37.3 Å². The van der Waals surface area contributed by atoms with Gasteiger partial charge in [0, 0.05) is 6.42 Å². The second-order valence-corrected chi connectivity index (χ2v) is 8.31. The van der Waals surface area contributed by atoms with E-state index in [0.29, 0.717) is 23.3 Å². The molecule has 0 unspecified atom stereocenters. The van der Waals surface area contributed by atoms with Crippen LogP contribution in [0.2, 0.25) is 0 Å². The van der Waals surface area contributed by atoms with Crippen molar-refractivity contribution >= 4 is 34.0 Å². The minimum atomic E-state index is -3.69. The van der Waals surface area contributed by atoms with E-state index in [2.05, 4.69) is 5.32 Å². The second kappa shape index (κ2) is 7.22. The second-order valence-electron chi connectivity index (χ2n) is 6.36. The van der Waals surface area contributed by atoms with Crippen LogP contribution in [0.15, 0.2) is 41.3 Å². The Morgan fingerprint density at radius 1 is 1.27 bits per heavy atom. The number of hydrogen-bond acceptors (Lipinski definition) is 5. The van der Waals surface area contributed by atoms with Crippen molar-refractivity contribution in [2.75, 3.05) is 5.32 Å². The van der Waals surface area contributed by atoms with E-state index >= 15 is 0 Å². The van der Waals surface area contributed by atoms with Crippen molar-refractivity contribution in [1.82, 2.24) is 0 Å². The number of carbonyl (C=O) groups is 1. The molecule has 0 spiro atoms. The van der Waals surface area contributed by atoms with Crippen LogP contribution in [0, 0.1) is 6.92 Å². The fraction of sp³-hybridized carbons (Fsp3) is 0.278. The van der Waals surface area contributed by atoms with Crippen LogP contribution < -0.4 is 10.8 Å². The first-order valence-electron chi connectivity index (χ1n) is 8.35. The molecule has 0 aromatic heterocycles. The van der Waals surface area contributed by atoms with Crippen LogP contribution in [-0.2, 0) is 31.6 Å². The summed E-state index contributed by atoms with van der Waals surface area (Å²) in [7, 11) is -4.71. The van der Waals surface area contributed by atoms with E-state index in [0.717, 1.165) is 11.1 Å². The van der Waals surface area contributed by atoms with Crippen molar-refractivity contribution < 1.29 is 22.9 Å². The predicted octanol–water partition coefficient (Wildman–Crippen LogP) is 1.54. The molecule has 0 saturated carbocycles. The first-order chi connectivity index (χ1) is 12.3. The monoisotopic (exact) mass is 373 g/mol. The van der Waals surface area contributed by atoms with Crippen LogP contribution >= 0.6 is 0 Å². The van der Waals surface area contributed by atoms with Gasteiger partial charge < -0.3 is 15.0 Å². The molecule has 26 heavy (non-hydrogen) atoms. The summed E-state index contributed by atoms with van der Waals surface area (Å²) in [6, 6.07) is 10.0. The Morgan fingerprint density at radius 2 is 2.04 bits per heavy atom. The zero-order chi connectivity index (χ0) is 18.9. The standard InChI is InChI=1S/C18H20BNO5S/c1-3-18(21)20-16-8-12(2)4-7-17(16)26(23,24)11-13-5-6-14-10-25-19(22)15(14)9-13/h4-9,22H,3,10-11H2,1-2H3,(H,20,21). The third-order valence-electron chi connectivity index (χ3n) is 4.30. The van der Waals surface area contributed by atoms with E-state index in [1.807, 2.05) is 6.92 Å². The van der Waals surface area contributed by atoms with Crippen LogP contribution in [0.4, 0.5) is 5.69 Å². The average Bonchev–Trinajstić information content (AvgIpc) is 2.95. The van der Waals surface area contributed by atoms with Gasteiger partial charge in [-0.25, -0.2) is 8.42 Å². The molecule has 1 amide bonds. The minimum absolute atomic E-state index is 0.0854. The summed E-state index contributed by atoms with van der Waals surface area (Å²) in [6.07, 6.45) is 0.260. The van der Waals surface area contributed by atoms with Crippen molar-refractivity contribution in [1.29, 1.82) is 0 Å². The Kier molecular flexibility index (Phi) is 5.18. The Morgan fingerprint density at radius 3 is 2.77 bits per heavy atom. The molecule has 2 aromatic rings. The molecule has 0 radical (unpaired) electrons. The van der Waals surface area contributed by atoms with Gasteiger partial charge in [-0.3, -0.25) is 4.79 Å². The molecule has 0 atom stereocenters. The maximum Gasteiger partial charge on any atom is 0.491 e. The van der Waals surface area contributed by atoms with Crippen LogP contribution in [0.3, 0.4) is 0 Å². The smallest absolute Gasteiger partial charge is 0.423 e. The van der Waals surface area contributed by atoms with Crippen molar-refractivity contribution in [2.45, 2.75) is 37.5 Å². The third-order valence-corrected chi connectivity index (χ3v) is 6.03. The SMILES string of the molecule is CCC(=O)Nc1cc(C)ccc1S(=O)(=O)Cc1ccc2c(c1)B(O)OC2. The summed E-state index contributed by atoms with van der Waals surface area (Å²) in [5.41, 5.74) is 3.15. The number of amides is 1. The molecular formula is C18H20BNO5S. The molecule has 136 valence electrons. The Balaban J connectivity index is 1.94. The molecule has 0 bridgehead atoms. The van der Waals surface area contributed by atoms with Crippen LogP contribution in [0.1, 0.15) is 30.0 Å². The Bertz CT molecular complexity index is 958. The summed E-state index contributed by atoms with van der Waals surface area (Å²) in [5.74, 6) is -0.477. The van der Waals surface area contributed by atoms with Crippen LogP contribution in [-0.4, -0.2) is 26.5 Å². The molecule has 6 nitrogen and oxygen atoms in total. The number of rotatable bonds is 5. The number of benzene rings is 2. The highest BCUT2D eigenvalue weighted by molar-refractivity contribution is 7.90. The summed E-state index contributed by atoms with van der Waals surface area (Å²) in [4.78, 5) is 11.8. The Hall–Kier alpha value is -2.16. The molecule has 3 rings (SSSR count). The van der Waals surface area contributed by atoms with Gasteiger partial charge in [0.05, 0.1) is 22.9 Å². The van der Waals surface area contributed by atoms with E-state index in [-0.39, 0.29) is 23.0 Å². The van der Waals surface area contributed by atoms with E-state index in [1.165, 1.54) is 6.07 Å². The fourth-order valence-corrected chi connectivity index (χ4v) is 4.40. The van der Waals surface area contributed by atoms with Gasteiger partial charge >= 0.3 is 7.12 Å². The molecule has 2 N–H and O–H groups in total. The number of carbonyl (C=O) groups excluding carboxylic acids is 1. The zero-order valence-corrected chi connectivity index (χ0v) is 15.5. The molecular weight excluding hydrogens is 353 g/mol. The Labute approximate surface area is 153 Å². The van der Waals surface area contributed by atoms with Crippen LogP contribution in [0.5, 0.6) is 0 Å². The van der Waals surface area contributed by atoms with Gasteiger partial charge in [-0.15, -0.1) is 0 Å². The lowest BCUT2D eigenvalue weighted by molar-refractivity contribution is -0.115. The average molecular weight is 373 g/mol. The van der Waals surface area contributed by atoms with E-state index in [4.69, 9.17) is 4.65 Å². The third kappa shape index (κ3) is 3.82. The zero-order valence-electron chi connectivity index (χ0n) is 14.7. The molecule has 0 saturated heterocycles. The molecule has 0 aliphatic carbocycles. The number of fused-ring (bicyclic) bond motifs is 1. The first-order valence-corrected chi connectivity index (χ1v) is 10.00. The molecule has 1 aliphatic heterocycles. The summed E-state index contributed by atoms with van der Waals surface area (Å²) >= 11 is 0. The first kappa shape index (κ1) is 18.6. The highest BCUT2D eigenvalue weighted by Crippen LogP contribution is 2.26. The highest BCUT2D eigenvalue weighted by Gasteiger charge is 2.28. The molecule has 2 aromatic carbocycles.